The number of sulfonamides is 1. The number of nitrogen functional groups attached to an aromatic ring is 1. The molecule has 1 aliphatic heterocycles. The van der Waals surface area contributed by atoms with Crippen LogP contribution in [0.5, 0.6) is 0 Å². The molecule has 0 unspecified atom stereocenters. The van der Waals surface area contributed by atoms with Crippen LogP contribution < -0.4 is 5.73 Å². The van der Waals surface area contributed by atoms with Gasteiger partial charge in [0.05, 0.1) is 17.1 Å². The van der Waals surface area contributed by atoms with Crippen molar-refractivity contribution in [3.8, 4) is 0 Å². The number of aryl methyl sites for hydroxylation is 1. The summed E-state index contributed by atoms with van der Waals surface area (Å²) in [4.78, 5) is 7.97. The molecule has 110 valence electrons. The first-order valence-electron chi connectivity index (χ1n) is 6.24. The molecule has 0 saturated carbocycles. The predicted octanol–water partition coefficient (Wildman–Crippen LogP) is 1.21. The molecule has 2 N–H and O–H groups in total. The standard InChI is InChI=1S/C13H13FN4O2S/c1-8-4-10(2-3-11(8)14)21(19,20)18-6-9-5-16-13(15)17-12(9)7-18/h2-5H,6-7H2,1H3,(H2,15,16,17). The number of nitrogens with two attached hydrogens (primary N) is 1. The molecule has 0 amide bonds. The summed E-state index contributed by atoms with van der Waals surface area (Å²) in [5.41, 5.74) is 7.12. The molecule has 3 rings (SSSR count). The minimum absolute atomic E-state index is 0.0649. The third-order valence-corrected chi connectivity index (χ3v) is 5.20. The predicted molar refractivity (Wildman–Crippen MR) is 74.0 cm³/mol. The number of anilines is 1. The van der Waals surface area contributed by atoms with Crippen molar-refractivity contribution >= 4 is 16.0 Å². The monoisotopic (exact) mass is 308 g/mol. The van der Waals surface area contributed by atoms with Crippen molar-refractivity contribution in [1.29, 1.82) is 0 Å². The fourth-order valence-corrected chi connectivity index (χ4v) is 3.70. The Morgan fingerprint density at radius 3 is 2.81 bits per heavy atom. The van der Waals surface area contributed by atoms with Crippen LogP contribution in [0.25, 0.3) is 0 Å². The fraction of sp³-hybridized carbons (Fsp3) is 0.231. The van der Waals surface area contributed by atoms with E-state index >= 15 is 0 Å². The Morgan fingerprint density at radius 2 is 2.10 bits per heavy atom. The highest BCUT2D eigenvalue weighted by Gasteiger charge is 2.32. The quantitative estimate of drug-likeness (QED) is 0.900. The molecule has 1 aromatic heterocycles. The van der Waals surface area contributed by atoms with Gasteiger partial charge in [-0.15, -0.1) is 0 Å². The van der Waals surface area contributed by atoms with Crippen LogP contribution in [0.15, 0.2) is 29.3 Å². The molecule has 0 bridgehead atoms. The van der Waals surface area contributed by atoms with Crippen molar-refractivity contribution in [2.75, 3.05) is 5.73 Å². The summed E-state index contributed by atoms with van der Waals surface area (Å²) < 4.78 is 39.7. The number of benzene rings is 1. The van der Waals surface area contributed by atoms with Crippen molar-refractivity contribution in [2.24, 2.45) is 0 Å². The maximum absolute atomic E-state index is 13.3. The van der Waals surface area contributed by atoms with E-state index in [1.165, 1.54) is 29.6 Å². The van der Waals surface area contributed by atoms with E-state index < -0.39 is 15.8 Å². The summed E-state index contributed by atoms with van der Waals surface area (Å²) in [5.74, 6) is -0.317. The first-order valence-corrected chi connectivity index (χ1v) is 7.68. The Morgan fingerprint density at radius 1 is 1.33 bits per heavy atom. The highest BCUT2D eigenvalue weighted by Crippen LogP contribution is 2.28. The molecule has 1 aromatic carbocycles. The summed E-state index contributed by atoms with van der Waals surface area (Å²) in [6, 6.07) is 3.75. The lowest BCUT2D eigenvalue weighted by atomic mass is 10.2. The van der Waals surface area contributed by atoms with Gasteiger partial charge >= 0.3 is 0 Å². The number of hydrogen-bond acceptors (Lipinski definition) is 5. The molecule has 2 heterocycles. The lowest BCUT2D eigenvalue weighted by molar-refractivity contribution is 0.429. The topological polar surface area (TPSA) is 89.2 Å². The Kier molecular flexibility index (Phi) is 3.14. The van der Waals surface area contributed by atoms with Gasteiger partial charge in [0.2, 0.25) is 16.0 Å². The molecule has 0 spiro atoms. The normalized spacial score (nSPS) is 15.1. The molecular formula is C13H13FN4O2S. The van der Waals surface area contributed by atoms with Crippen molar-refractivity contribution < 1.29 is 12.8 Å². The van der Waals surface area contributed by atoms with E-state index in [1.54, 1.807) is 0 Å². The average molecular weight is 308 g/mol. The van der Waals surface area contributed by atoms with Crippen molar-refractivity contribution in [1.82, 2.24) is 14.3 Å². The second-order valence-electron chi connectivity index (χ2n) is 4.88. The summed E-state index contributed by atoms with van der Waals surface area (Å²) in [6.45, 7) is 1.86. The molecule has 0 atom stereocenters. The molecule has 6 nitrogen and oxygen atoms in total. The van der Waals surface area contributed by atoms with Crippen molar-refractivity contribution in [2.45, 2.75) is 24.9 Å². The third-order valence-electron chi connectivity index (χ3n) is 3.41. The van der Waals surface area contributed by atoms with E-state index in [4.69, 9.17) is 5.73 Å². The number of nitrogens with zero attached hydrogens (tertiary/aromatic N) is 3. The van der Waals surface area contributed by atoms with E-state index in [-0.39, 0.29) is 29.5 Å². The first-order chi connectivity index (χ1) is 9.88. The van der Waals surface area contributed by atoms with Crippen LogP contribution in [0, 0.1) is 12.7 Å². The van der Waals surface area contributed by atoms with Gasteiger partial charge in [-0.3, -0.25) is 0 Å². The number of aromatic nitrogens is 2. The van der Waals surface area contributed by atoms with Gasteiger partial charge in [0, 0.05) is 18.3 Å². The van der Waals surface area contributed by atoms with E-state index in [2.05, 4.69) is 9.97 Å². The highest BCUT2D eigenvalue weighted by atomic mass is 32.2. The van der Waals surface area contributed by atoms with Gasteiger partial charge in [-0.05, 0) is 30.7 Å². The molecule has 21 heavy (non-hydrogen) atoms. The summed E-state index contributed by atoms with van der Waals surface area (Å²) in [5, 5.41) is 0. The van der Waals surface area contributed by atoms with Crippen LogP contribution in [-0.2, 0) is 23.1 Å². The maximum atomic E-state index is 13.3. The minimum Gasteiger partial charge on any atom is -0.368 e. The Bertz CT molecular complexity index is 823. The van der Waals surface area contributed by atoms with Crippen LogP contribution in [0.2, 0.25) is 0 Å². The van der Waals surface area contributed by atoms with E-state index in [0.29, 0.717) is 5.69 Å². The van der Waals surface area contributed by atoms with Crippen LogP contribution in [0.4, 0.5) is 10.3 Å². The zero-order valence-corrected chi connectivity index (χ0v) is 12.1. The number of fused-ring (bicyclic) bond motifs is 1. The Labute approximate surface area is 121 Å². The van der Waals surface area contributed by atoms with Crippen LogP contribution in [0.3, 0.4) is 0 Å². The third kappa shape index (κ3) is 2.36. The smallest absolute Gasteiger partial charge is 0.243 e. The fourth-order valence-electron chi connectivity index (χ4n) is 2.24. The van der Waals surface area contributed by atoms with Gasteiger partial charge in [-0.25, -0.2) is 22.8 Å². The van der Waals surface area contributed by atoms with Crippen LogP contribution in [-0.4, -0.2) is 22.7 Å². The zero-order valence-electron chi connectivity index (χ0n) is 11.2. The van der Waals surface area contributed by atoms with Crippen molar-refractivity contribution in [3.63, 3.8) is 0 Å². The molecule has 8 heteroatoms. The van der Waals surface area contributed by atoms with Crippen LogP contribution in [0.1, 0.15) is 16.8 Å². The summed E-state index contributed by atoms with van der Waals surface area (Å²) in [7, 11) is -3.70. The van der Waals surface area contributed by atoms with Gasteiger partial charge in [-0.2, -0.15) is 4.31 Å². The molecule has 0 radical (unpaired) electrons. The molecule has 1 aliphatic rings. The second kappa shape index (κ2) is 4.74. The molecule has 0 fully saturated rings. The molecule has 0 saturated heterocycles. The van der Waals surface area contributed by atoms with Gasteiger partial charge in [0.15, 0.2) is 0 Å². The average Bonchev–Trinajstić information content (AvgIpc) is 2.85. The highest BCUT2D eigenvalue weighted by molar-refractivity contribution is 7.89. The van der Waals surface area contributed by atoms with E-state index in [1.807, 2.05) is 0 Å². The van der Waals surface area contributed by atoms with Gasteiger partial charge in [-0.1, -0.05) is 0 Å². The number of hydrogen-bond donors (Lipinski definition) is 1. The summed E-state index contributed by atoms with van der Waals surface area (Å²) >= 11 is 0. The van der Waals surface area contributed by atoms with E-state index in [9.17, 15) is 12.8 Å². The van der Waals surface area contributed by atoms with E-state index in [0.717, 1.165) is 11.6 Å². The molecule has 0 aliphatic carbocycles. The van der Waals surface area contributed by atoms with Crippen LogP contribution >= 0.6 is 0 Å². The number of halogens is 1. The Hall–Kier alpha value is -2.06. The van der Waals surface area contributed by atoms with Gasteiger partial charge < -0.3 is 5.73 Å². The molecule has 2 aromatic rings. The first kappa shape index (κ1) is 13.9. The SMILES string of the molecule is Cc1cc(S(=O)(=O)N2Cc3cnc(N)nc3C2)ccc1F. The molecular weight excluding hydrogens is 295 g/mol. The lowest BCUT2D eigenvalue weighted by Crippen LogP contribution is -2.25. The minimum atomic E-state index is -3.70. The maximum Gasteiger partial charge on any atom is 0.243 e. The van der Waals surface area contributed by atoms with Gasteiger partial charge in [0.1, 0.15) is 5.82 Å². The summed E-state index contributed by atoms with van der Waals surface area (Å²) in [6.07, 6.45) is 1.53. The number of rotatable bonds is 2. The Balaban J connectivity index is 1.96. The van der Waals surface area contributed by atoms with Crippen molar-refractivity contribution in [3.05, 3.63) is 47.0 Å². The second-order valence-corrected chi connectivity index (χ2v) is 6.82. The largest absolute Gasteiger partial charge is 0.368 e. The van der Waals surface area contributed by atoms with Gasteiger partial charge in [0.25, 0.3) is 0 Å². The zero-order chi connectivity index (χ0) is 15.2. The lowest BCUT2D eigenvalue weighted by Gasteiger charge is -2.15.